The van der Waals surface area contributed by atoms with Crippen molar-refractivity contribution >= 4 is 22.6 Å². The van der Waals surface area contributed by atoms with E-state index in [1.54, 1.807) is 12.4 Å². The zero-order valence-electron chi connectivity index (χ0n) is 8.05. The molecule has 0 aliphatic carbocycles. The van der Waals surface area contributed by atoms with Gasteiger partial charge in [-0.1, -0.05) is 6.07 Å². The fourth-order valence-electron chi connectivity index (χ4n) is 1.51. The number of aromatic amines is 1. The summed E-state index contributed by atoms with van der Waals surface area (Å²) in [7, 11) is 0. The largest absolute Gasteiger partial charge is 0.261 e. The summed E-state index contributed by atoms with van der Waals surface area (Å²) < 4.78 is 0. The van der Waals surface area contributed by atoms with Crippen molar-refractivity contribution in [2.45, 2.75) is 0 Å². The highest BCUT2D eigenvalue weighted by molar-refractivity contribution is 6.28. The number of aromatic nitrogens is 5. The van der Waals surface area contributed by atoms with E-state index in [2.05, 4.69) is 25.1 Å². The lowest BCUT2D eigenvalue weighted by Crippen LogP contribution is -1.91. The summed E-state index contributed by atoms with van der Waals surface area (Å²) in [6, 6.07) is 5.61. The highest BCUT2D eigenvalue weighted by Gasteiger charge is 2.10. The first kappa shape index (κ1) is 9.23. The van der Waals surface area contributed by atoms with Gasteiger partial charge in [0.25, 0.3) is 0 Å². The van der Waals surface area contributed by atoms with Gasteiger partial charge < -0.3 is 0 Å². The molecular formula is C10H6ClN5. The number of halogens is 1. The van der Waals surface area contributed by atoms with Crippen LogP contribution in [0.25, 0.3) is 22.4 Å². The van der Waals surface area contributed by atoms with E-state index >= 15 is 0 Å². The maximum Gasteiger partial charge on any atom is 0.225 e. The summed E-state index contributed by atoms with van der Waals surface area (Å²) in [6.07, 6.45) is 3.37. The first-order chi connectivity index (χ1) is 7.84. The molecule has 0 spiro atoms. The van der Waals surface area contributed by atoms with Crippen LogP contribution < -0.4 is 0 Å². The first-order valence-electron chi connectivity index (χ1n) is 4.62. The highest BCUT2D eigenvalue weighted by Crippen LogP contribution is 2.23. The summed E-state index contributed by atoms with van der Waals surface area (Å²) in [5.41, 5.74) is 2.04. The molecule has 3 heterocycles. The van der Waals surface area contributed by atoms with E-state index in [0.29, 0.717) is 11.3 Å². The average Bonchev–Trinajstić information content (AvgIpc) is 2.77. The molecule has 0 saturated carbocycles. The van der Waals surface area contributed by atoms with Crippen molar-refractivity contribution in [3.8, 4) is 11.4 Å². The van der Waals surface area contributed by atoms with Crippen LogP contribution in [-0.2, 0) is 0 Å². The second-order valence-corrected chi connectivity index (χ2v) is 3.53. The highest BCUT2D eigenvalue weighted by atomic mass is 35.5. The van der Waals surface area contributed by atoms with Crippen molar-refractivity contribution in [3.63, 3.8) is 0 Å². The van der Waals surface area contributed by atoms with Crippen LogP contribution in [0.1, 0.15) is 0 Å². The molecule has 16 heavy (non-hydrogen) atoms. The Hall–Kier alpha value is -2.01. The molecule has 0 bridgehead atoms. The minimum Gasteiger partial charge on any atom is -0.261 e. The predicted octanol–water partition coefficient (Wildman–Crippen LogP) is 2.07. The van der Waals surface area contributed by atoms with Crippen LogP contribution in [0.2, 0.25) is 5.28 Å². The Balaban J connectivity index is 2.34. The Bertz CT molecular complexity index is 634. The topological polar surface area (TPSA) is 67.3 Å². The van der Waals surface area contributed by atoms with Crippen molar-refractivity contribution in [1.29, 1.82) is 0 Å². The van der Waals surface area contributed by atoms with Gasteiger partial charge in [0.05, 0.1) is 17.3 Å². The molecule has 0 unspecified atom stereocenters. The average molecular weight is 232 g/mol. The van der Waals surface area contributed by atoms with Gasteiger partial charge >= 0.3 is 0 Å². The van der Waals surface area contributed by atoms with E-state index in [1.807, 2.05) is 18.2 Å². The molecule has 0 radical (unpaired) electrons. The number of nitrogens with zero attached hydrogens (tertiary/aromatic N) is 4. The smallest absolute Gasteiger partial charge is 0.225 e. The van der Waals surface area contributed by atoms with Crippen molar-refractivity contribution in [1.82, 2.24) is 25.1 Å². The molecule has 0 aromatic carbocycles. The lowest BCUT2D eigenvalue weighted by molar-refractivity contribution is 1.09. The van der Waals surface area contributed by atoms with E-state index in [4.69, 9.17) is 11.6 Å². The Morgan fingerprint density at radius 3 is 2.94 bits per heavy atom. The number of hydrogen-bond donors (Lipinski definition) is 1. The molecule has 0 aliphatic heterocycles. The van der Waals surface area contributed by atoms with E-state index in [0.717, 1.165) is 11.1 Å². The van der Waals surface area contributed by atoms with Gasteiger partial charge in [0.2, 0.25) is 5.28 Å². The molecule has 78 valence electrons. The van der Waals surface area contributed by atoms with Crippen LogP contribution in [0.5, 0.6) is 0 Å². The molecule has 0 aliphatic rings. The fraction of sp³-hybridized carbons (Fsp3) is 0. The fourth-order valence-corrected chi connectivity index (χ4v) is 1.67. The number of nitrogens with one attached hydrogen (secondary N) is 1. The third-order valence-electron chi connectivity index (χ3n) is 2.19. The van der Waals surface area contributed by atoms with Crippen LogP contribution in [0.15, 0.2) is 30.6 Å². The van der Waals surface area contributed by atoms with Crippen LogP contribution in [0, 0.1) is 0 Å². The van der Waals surface area contributed by atoms with Crippen molar-refractivity contribution in [3.05, 3.63) is 35.9 Å². The molecule has 1 N–H and O–H groups in total. The number of H-pyrrole nitrogens is 1. The van der Waals surface area contributed by atoms with Gasteiger partial charge in [-0.25, -0.2) is 4.98 Å². The van der Waals surface area contributed by atoms with Gasteiger partial charge in [0, 0.05) is 6.20 Å². The second-order valence-electron chi connectivity index (χ2n) is 3.19. The third-order valence-corrected chi connectivity index (χ3v) is 2.36. The van der Waals surface area contributed by atoms with Crippen LogP contribution in [-0.4, -0.2) is 25.1 Å². The Kier molecular flexibility index (Phi) is 2.04. The van der Waals surface area contributed by atoms with Crippen LogP contribution >= 0.6 is 11.6 Å². The molecule has 0 fully saturated rings. The normalized spacial score (nSPS) is 10.8. The maximum atomic E-state index is 5.83. The second kappa shape index (κ2) is 3.53. The monoisotopic (exact) mass is 231 g/mol. The quantitative estimate of drug-likeness (QED) is 0.651. The summed E-state index contributed by atoms with van der Waals surface area (Å²) in [5.74, 6) is 0. The first-order valence-corrected chi connectivity index (χ1v) is 5.00. The van der Waals surface area contributed by atoms with Gasteiger partial charge in [-0.15, -0.1) is 0 Å². The van der Waals surface area contributed by atoms with Crippen molar-refractivity contribution in [2.75, 3.05) is 0 Å². The van der Waals surface area contributed by atoms with E-state index in [1.165, 1.54) is 0 Å². The van der Waals surface area contributed by atoms with Gasteiger partial charge in [-0.2, -0.15) is 10.1 Å². The number of rotatable bonds is 1. The molecule has 3 rings (SSSR count). The number of hydrogen-bond acceptors (Lipinski definition) is 4. The maximum absolute atomic E-state index is 5.83. The minimum absolute atomic E-state index is 0.178. The SMILES string of the molecule is Clc1nc(-c2ccccn2)c2cn[nH]c2n1. The van der Waals surface area contributed by atoms with Gasteiger partial charge in [-0.3, -0.25) is 10.1 Å². The number of fused-ring (bicyclic) bond motifs is 1. The summed E-state index contributed by atoms with van der Waals surface area (Å²) in [4.78, 5) is 12.4. The number of pyridine rings is 1. The van der Waals surface area contributed by atoms with Crippen LogP contribution in [0.3, 0.4) is 0 Å². The van der Waals surface area contributed by atoms with Gasteiger partial charge in [0.1, 0.15) is 5.69 Å². The van der Waals surface area contributed by atoms with Gasteiger partial charge in [-0.05, 0) is 23.7 Å². The standard InChI is InChI=1S/C10H6ClN5/c11-10-14-8(7-3-1-2-4-12-7)6-5-13-16-9(6)15-10/h1-5H,(H,13,14,15,16). The Morgan fingerprint density at radius 1 is 1.19 bits per heavy atom. The zero-order chi connectivity index (χ0) is 11.0. The lowest BCUT2D eigenvalue weighted by Gasteiger charge is -2.00. The minimum atomic E-state index is 0.178. The molecule has 3 aromatic rings. The molecule has 6 heteroatoms. The van der Waals surface area contributed by atoms with E-state index in [-0.39, 0.29) is 5.28 Å². The molecule has 0 atom stereocenters. The third kappa shape index (κ3) is 1.42. The van der Waals surface area contributed by atoms with E-state index in [9.17, 15) is 0 Å². The predicted molar refractivity (Wildman–Crippen MR) is 59.9 cm³/mol. The Labute approximate surface area is 95.5 Å². The summed E-state index contributed by atoms with van der Waals surface area (Å²) in [5, 5.41) is 7.66. The van der Waals surface area contributed by atoms with E-state index < -0.39 is 0 Å². The summed E-state index contributed by atoms with van der Waals surface area (Å²) in [6.45, 7) is 0. The zero-order valence-corrected chi connectivity index (χ0v) is 8.81. The van der Waals surface area contributed by atoms with Crippen molar-refractivity contribution in [2.24, 2.45) is 0 Å². The molecule has 0 saturated heterocycles. The molecular weight excluding hydrogens is 226 g/mol. The summed E-state index contributed by atoms with van der Waals surface area (Å²) >= 11 is 5.83. The lowest BCUT2D eigenvalue weighted by atomic mass is 10.2. The van der Waals surface area contributed by atoms with Gasteiger partial charge in [0.15, 0.2) is 5.65 Å². The Morgan fingerprint density at radius 2 is 2.12 bits per heavy atom. The molecule has 3 aromatic heterocycles. The molecule has 5 nitrogen and oxygen atoms in total. The molecule has 0 amide bonds. The van der Waals surface area contributed by atoms with Crippen molar-refractivity contribution < 1.29 is 0 Å². The van der Waals surface area contributed by atoms with Crippen LogP contribution in [0.4, 0.5) is 0 Å².